The number of aldehydes is 1. The third-order valence-electron chi connectivity index (χ3n) is 3.18. The Balaban J connectivity index is 2.09. The van der Waals surface area contributed by atoms with Crippen molar-refractivity contribution in [3.8, 4) is 0 Å². The summed E-state index contributed by atoms with van der Waals surface area (Å²) in [6.07, 6.45) is 3.30. The molecule has 0 saturated heterocycles. The van der Waals surface area contributed by atoms with Crippen LogP contribution in [0.1, 0.15) is 16.1 Å². The molecule has 0 amide bonds. The SMILES string of the molecule is N=Cc1cc(Nc2ncnc3[nH]c(C=O)c(Br)c23)ccc1N. The lowest BCUT2D eigenvalue weighted by molar-refractivity contribution is 0.111. The van der Waals surface area contributed by atoms with E-state index in [4.69, 9.17) is 11.1 Å². The van der Waals surface area contributed by atoms with E-state index in [1.807, 2.05) is 0 Å². The Kier molecular flexibility index (Phi) is 3.60. The van der Waals surface area contributed by atoms with Gasteiger partial charge in [-0.15, -0.1) is 0 Å². The molecule has 3 rings (SSSR count). The number of carbonyl (C=O) groups is 1. The Hall–Kier alpha value is -2.74. The number of hydrogen-bond acceptors (Lipinski definition) is 6. The molecule has 22 heavy (non-hydrogen) atoms. The van der Waals surface area contributed by atoms with Crippen molar-refractivity contribution in [2.75, 3.05) is 11.1 Å². The highest BCUT2D eigenvalue weighted by atomic mass is 79.9. The molecule has 3 aromatic rings. The first kappa shape index (κ1) is 14.2. The van der Waals surface area contributed by atoms with Gasteiger partial charge in [0.05, 0.1) is 15.6 Å². The van der Waals surface area contributed by atoms with Gasteiger partial charge in [-0.05, 0) is 34.1 Å². The number of aromatic amines is 1. The lowest BCUT2D eigenvalue weighted by Crippen LogP contribution is -1.98. The Bertz CT molecular complexity index is 888. The first-order valence-electron chi connectivity index (χ1n) is 6.28. The van der Waals surface area contributed by atoms with Crippen LogP contribution in [-0.2, 0) is 0 Å². The van der Waals surface area contributed by atoms with Gasteiger partial charge in [0, 0.05) is 23.2 Å². The third kappa shape index (κ3) is 2.33. The van der Waals surface area contributed by atoms with Gasteiger partial charge < -0.3 is 21.4 Å². The molecule has 0 saturated carbocycles. The zero-order valence-corrected chi connectivity index (χ0v) is 12.8. The van der Waals surface area contributed by atoms with E-state index in [-0.39, 0.29) is 0 Å². The van der Waals surface area contributed by atoms with Crippen LogP contribution in [-0.4, -0.2) is 27.5 Å². The molecule has 7 nitrogen and oxygen atoms in total. The van der Waals surface area contributed by atoms with Crippen LogP contribution >= 0.6 is 15.9 Å². The summed E-state index contributed by atoms with van der Waals surface area (Å²) < 4.78 is 0.600. The van der Waals surface area contributed by atoms with Gasteiger partial charge in [0.2, 0.25) is 0 Å². The number of carbonyl (C=O) groups excluding carboxylic acids is 1. The predicted octanol–water partition coefficient (Wildman–Crippen LogP) is 2.86. The second-order valence-corrected chi connectivity index (χ2v) is 5.32. The van der Waals surface area contributed by atoms with Crippen molar-refractivity contribution in [1.82, 2.24) is 15.0 Å². The normalized spacial score (nSPS) is 10.6. The van der Waals surface area contributed by atoms with Crippen molar-refractivity contribution in [2.24, 2.45) is 0 Å². The first-order chi connectivity index (χ1) is 10.6. The highest BCUT2D eigenvalue weighted by molar-refractivity contribution is 9.10. The van der Waals surface area contributed by atoms with Gasteiger partial charge in [-0.2, -0.15) is 0 Å². The van der Waals surface area contributed by atoms with Crippen molar-refractivity contribution in [2.45, 2.75) is 0 Å². The van der Waals surface area contributed by atoms with Crippen molar-refractivity contribution < 1.29 is 4.79 Å². The number of hydrogen-bond donors (Lipinski definition) is 4. The monoisotopic (exact) mass is 358 g/mol. The topological polar surface area (TPSA) is 121 Å². The maximum atomic E-state index is 11.0. The van der Waals surface area contributed by atoms with Crippen LogP contribution < -0.4 is 11.1 Å². The van der Waals surface area contributed by atoms with Crippen molar-refractivity contribution >= 4 is 56.7 Å². The molecular weight excluding hydrogens is 348 g/mol. The average Bonchev–Trinajstić information content (AvgIpc) is 2.86. The molecule has 0 aliphatic heterocycles. The van der Waals surface area contributed by atoms with Crippen LogP contribution in [0.5, 0.6) is 0 Å². The summed E-state index contributed by atoms with van der Waals surface area (Å²) in [5.41, 5.74) is 8.59. The van der Waals surface area contributed by atoms with Gasteiger partial charge in [0.1, 0.15) is 17.8 Å². The van der Waals surface area contributed by atoms with Crippen LogP contribution in [0.15, 0.2) is 29.0 Å². The molecule has 0 unspecified atom stereocenters. The maximum Gasteiger partial charge on any atom is 0.167 e. The number of aromatic nitrogens is 3. The molecular formula is C14H11BrN6O. The minimum Gasteiger partial charge on any atom is -0.398 e. The number of benzene rings is 1. The van der Waals surface area contributed by atoms with Crippen molar-refractivity contribution in [3.63, 3.8) is 0 Å². The Labute approximate surface area is 133 Å². The van der Waals surface area contributed by atoms with Crippen LogP contribution in [0, 0.1) is 5.41 Å². The standard InChI is InChI=1S/C14H11BrN6O/c15-12-10(5-22)21-14-11(12)13(18-6-19-14)20-8-1-2-9(17)7(3-8)4-16/h1-6,16H,17H2,(H2,18,19,20,21). The molecule has 0 radical (unpaired) electrons. The molecule has 0 aliphatic carbocycles. The summed E-state index contributed by atoms with van der Waals surface area (Å²) in [5, 5.41) is 11.2. The average molecular weight is 359 g/mol. The fourth-order valence-electron chi connectivity index (χ4n) is 2.10. The van der Waals surface area contributed by atoms with E-state index in [9.17, 15) is 4.79 Å². The minimum absolute atomic E-state index is 0.399. The van der Waals surface area contributed by atoms with E-state index in [1.54, 1.807) is 18.2 Å². The Morgan fingerprint density at radius 2 is 2.18 bits per heavy atom. The second-order valence-electron chi connectivity index (χ2n) is 4.53. The molecule has 0 aliphatic rings. The molecule has 0 atom stereocenters. The van der Waals surface area contributed by atoms with Crippen LogP contribution in [0.3, 0.4) is 0 Å². The summed E-state index contributed by atoms with van der Waals surface area (Å²) in [6, 6.07) is 5.25. The molecule has 110 valence electrons. The summed E-state index contributed by atoms with van der Waals surface area (Å²) in [7, 11) is 0. The molecule has 2 heterocycles. The number of nitrogens with one attached hydrogen (secondary N) is 3. The third-order valence-corrected chi connectivity index (χ3v) is 4.00. The van der Waals surface area contributed by atoms with Crippen LogP contribution in [0.4, 0.5) is 17.2 Å². The van der Waals surface area contributed by atoms with Gasteiger partial charge in [-0.25, -0.2) is 9.97 Å². The molecule has 5 N–H and O–H groups in total. The largest absolute Gasteiger partial charge is 0.398 e. The highest BCUT2D eigenvalue weighted by Gasteiger charge is 2.14. The van der Waals surface area contributed by atoms with Crippen LogP contribution in [0.2, 0.25) is 0 Å². The van der Waals surface area contributed by atoms with Crippen LogP contribution in [0.25, 0.3) is 11.0 Å². The lowest BCUT2D eigenvalue weighted by Gasteiger charge is -2.08. The number of rotatable bonds is 4. The quantitative estimate of drug-likeness (QED) is 0.324. The van der Waals surface area contributed by atoms with E-state index in [0.29, 0.717) is 44.6 Å². The van der Waals surface area contributed by atoms with Crippen molar-refractivity contribution in [1.29, 1.82) is 5.41 Å². The summed E-state index contributed by atoms with van der Waals surface area (Å²) in [6.45, 7) is 0. The molecule has 1 aromatic carbocycles. The Morgan fingerprint density at radius 1 is 1.36 bits per heavy atom. The van der Waals surface area contributed by atoms with E-state index in [2.05, 4.69) is 36.2 Å². The smallest absolute Gasteiger partial charge is 0.167 e. The van der Waals surface area contributed by atoms with Gasteiger partial charge in [0.15, 0.2) is 6.29 Å². The molecule has 2 aromatic heterocycles. The highest BCUT2D eigenvalue weighted by Crippen LogP contribution is 2.32. The predicted molar refractivity (Wildman–Crippen MR) is 89.0 cm³/mol. The van der Waals surface area contributed by atoms with Gasteiger partial charge in [-0.3, -0.25) is 4.79 Å². The number of nitrogen functional groups attached to an aromatic ring is 1. The number of nitrogens with zero attached hydrogens (tertiary/aromatic N) is 2. The number of anilines is 3. The number of H-pyrrole nitrogens is 1. The van der Waals surface area contributed by atoms with Gasteiger partial charge in [0.25, 0.3) is 0 Å². The zero-order valence-electron chi connectivity index (χ0n) is 11.2. The number of nitrogens with two attached hydrogens (primary N) is 1. The van der Waals surface area contributed by atoms with E-state index >= 15 is 0 Å². The Morgan fingerprint density at radius 3 is 2.91 bits per heavy atom. The summed E-state index contributed by atoms with van der Waals surface area (Å²) >= 11 is 3.38. The summed E-state index contributed by atoms with van der Waals surface area (Å²) in [5.74, 6) is 0.543. The fourth-order valence-corrected chi connectivity index (χ4v) is 2.66. The molecule has 0 spiro atoms. The van der Waals surface area contributed by atoms with Gasteiger partial charge >= 0.3 is 0 Å². The molecule has 8 heteroatoms. The molecule has 0 bridgehead atoms. The number of halogens is 1. The number of fused-ring (bicyclic) bond motifs is 1. The van der Waals surface area contributed by atoms with E-state index in [0.717, 1.165) is 5.69 Å². The lowest BCUT2D eigenvalue weighted by atomic mass is 10.1. The van der Waals surface area contributed by atoms with E-state index in [1.165, 1.54) is 12.5 Å². The summed E-state index contributed by atoms with van der Waals surface area (Å²) in [4.78, 5) is 22.2. The molecule has 0 fully saturated rings. The second kappa shape index (κ2) is 5.57. The zero-order chi connectivity index (χ0) is 15.7. The minimum atomic E-state index is 0.399. The first-order valence-corrected chi connectivity index (χ1v) is 7.07. The van der Waals surface area contributed by atoms with Gasteiger partial charge in [-0.1, -0.05) is 0 Å². The van der Waals surface area contributed by atoms with Crippen molar-refractivity contribution in [3.05, 3.63) is 40.3 Å². The van der Waals surface area contributed by atoms with E-state index < -0.39 is 0 Å². The fraction of sp³-hybridized carbons (Fsp3) is 0. The maximum absolute atomic E-state index is 11.0.